The van der Waals surface area contributed by atoms with Crippen LogP contribution in [0.1, 0.15) is 30.8 Å². The summed E-state index contributed by atoms with van der Waals surface area (Å²) in [5.74, 6) is 2.96. The molecule has 0 amide bonds. The van der Waals surface area contributed by atoms with Crippen molar-refractivity contribution in [3.8, 4) is 11.5 Å². The summed E-state index contributed by atoms with van der Waals surface area (Å²) in [5, 5.41) is 0. The van der Waals surface area contributed by atoms with E-state index in [0.29, 0.717) is 24.6 Å². The number of hydrogen-bond acceptors (Lipinski definition) is 5. The van der Waals surface area contributed by atoms with Crippen molar-refractivity contribution in [2.75, 3.05) is 27.3 Å². The van der Waals surface area contributed by atoms with Gasteiger partial charge in [0, 0.05) is 44.0 Å². The molecule has 0 bridgehead atoms. The number of ether oxygens (including phenoxy) is 2. The zero-order chi connectivity index (χ0) is 20.6. The van der Waals surface area contributed by atoms with Crippen LogP contribution in [-0.2, 0) is 23.0 Å². The van der Waals surface area contributed by atoms with E-state index < -0.39 is 10.0 Å². The van der Waals surface area contributed by atoms with E-state index in [9.17, 15) is 8.42 Å². The summed E-state index contributed by atoms with van der Waals surface area (Å²) < 4.78 is 40.9. The Labute approximate surface area is 172 Å². The van der Waals surface area contributed by atoms with Gasteiger partial charge in [-0.25, -0.2) is 13.4 Å². The lowest BCUT2D eigenvalue weighted by Crippen LogP contribution is -2.29. The predicted molar refractivity (Wildman–Crippen MR) is 110 cm³/mol. The van der Waals surface area contributed by atoms with Gasteiger partial charge >= 0.3 is 0 Å². The van der Waals surface area contributed by atoms with Gasteiger partial charge in [0.05, 0.1) is 14.2 Å². The molecule has 2 aromatic rings. The van der Waals surface area contributed by atoms with Crippen LogP contribution in [0.2, 0.25) is 0 Å². The van der Waals surface area contributed by atoms with E-state index >= 15 is 0 Å². The fourth-order valence-corrected chi connectivity index (χ4v) is 5.75. The molecule has 29 heavy (non-hydrogen) atoms. The van der Waals surface area contributed by atoms with Crippen molar-refractivity contribution >= 4 is 10.0 Å². The Hall–Kier alpha value is -2.06. The van der Waals surface area contributed by atoms with Gasteiger partial charge in [-0.2, -0.15) is 4.31 Å². The minimum atomic E-state index is -3.65. The third kappa shape index (κ3) is 4.14. The third-order valence-corrected chi connectivity index (χ3v) is 7.87. The van der Waals surface area contributed by atoms with E-state index in [2.05, 4.69) is 16.5 Å². The number of hydrogen-bond donors (Lipinski definition) is 0. The van der Waals surface area contributed by atoms with Gasteiger partial charge in [0.1, 0.15) is 22.2 Å². The van der Waals surface area contributed by atoms with Gasteiger partial charge in [0.25, 0.3) is 0 Å². The molecule has 158 valence electrons. The monoisotopic (exact) mass is 419 g/mol. The van der Waals surface area contributed by atoms with Crippen molar-refractivity contribution in [1.29, 1.82) is 0 Å². The molecule has 1 aromatic carbocycles. The van der Waals surface area contributed by atoms with Crippen molar-refractivity contribution in [2.24, 2.45) is 11.8 Å². The Kier molecular flexibility index (Phi) is 5.57. The van der Waals surface area contributed by atoms with Crippen LogP contribution in [0, 0.1) is 18.8 Å². The molecule has 1 aliphatic carbocycles. The summed E-state index contributed by atoms with van der Waals surface area (Å²) in [6, 6.07) is 4.87. The second-order valence-corrected chi connectivity index (χ2v) is 10.0. The summed E-state index contributed by atoms with van der Waals surface area (Å²) >= 11 is 0. The number of sulfonamides is 1. The Morgan fingerprint density at radius 2 is 1.93 bits per heavy atom. The molecule has 4 rings (SSSR count). The average Bonchev–Trinajstić information content (AvgIpc) is 3.31. The molecule has 1 unspecified atom stereocenters. The largest absolute Gasteiger partial charge is 0.497 e. The molecule has 2 aliphatic rings. The van der Waals surface area contributed by atoms with E-state index in [-0.39, 0.29) is 10.8 Å². The summed E-state index contributed by atoms with van der Waals surface area (Å²) in [6.07, 6.45) is 6.18. The maximum absolute atomic E-state index is 13.3. The fourth-order valence-electron chi connectivity index (χ4n) is 4.05. The molecule has 0 N–H and O–H groups in total. The highest BCUT2D eigenvalue weighted by molar-refractivity contribution is 7.89. The second kappa shape index (κ2) is 7.99. The van der Waals surface area contributed by atoms with Crippen LogP contribution in [0.25, 0.3) is 0 Å². The average molecular weight is 420 g/mol. The van der Waals surface area contributed by atoms with Crippen LogP contribution in [0.5, 0.6) is 11.5 Å². The lowest BCUT2D eigenvalue weighted by molar-refractivity contribution is 0.387. The van der Waals surface area contributed by atoms with E-state index in [0.717, 1.165) is 31.1 Å². The standard InChI is InChI=1S/C21H29N3O4S/c1-15-12-22-21(24(15)14-16-4-5-16)10-17-8-9-23(13-17)29(25,26)20-11-18(27-2)6-7-19(20)28-3/h6-7,11-12,16-17H,4-5,8-10,13-14H2,1-3H3. The Bertz CT molecular complexity index is 982. The zero-order valence-corrected chi connectivity index (χ0v) is 18.1. The maximum atomic E-state index is 13.3. The highest BCUT2D eigenvalue weighted by Gasteiger charge is 2.35. The SMILES string of the molecule is COc1ccc(OC)c(S(=O)(=O)N2CCC(Cc3ncc(C)n3CC3CC3)C2)c1. The quantitative estimate of drug-likeness (QED) is 0.658. The highest BCUT2D eigenvalue weighted by atomic mass is 32.2. The molecule has 1 aliphatic heterocycles. The number of nitrogens with zero attached hydrogens (tertiary/aromatic N) is 3. The van der Waals surface area contributed by atoms with Gasteiger partial charge in [0.15, 0.2) is 0 Å². The molecule has 8 heteroatoms. The zero-order valence-electron chi connectivity index (χ0n) is 17.3. The summed E-state index contributed by atoms with van der Waals surface area (Å²) in [7, 11) is -0.647. The molecule has 7 nitrogen and oxygen atoms in total. The van der Waals surface area contributed by atoms with Crippen LogP contribution >= 0.6 is 0 Å². The van der Waals surface area contributed by atoms with Crippen molar-refractivity contribution in [3.63, 3.8) is 0 Å². The van der Waals surface area contributed by atoms with Crippen molar-refractivity contribution in [2.45, 2.75) is 44.0 Å². The van der Waals surface area contributed by atoms with Gasteiger partial charge in [-0.15, -0.1) is 0 Å². The molecule has 1 saturated heterocycles. The van der Waals surface area contributed by atoms with Crippen molar-refractivity contribution < 1.29 is 17.9 Å². The number of methoxy groups -OCH3 is 2. The van der Waals surface area contributed by atoms with Gasteiger partial charge < -0.3 is 14.0 Å². The number of imidazole rings is 1. The molecule has 0 spiro atoms. The highest BCUT2D eigenvalue weighted by Crippen LogP contribution is 2.34. The number of aryl methyl sites for hydroxylation is 1. The summed E-state index contributed by atoms with van der Waals surface area (Å²) in [5.41, 5.74) is 1.19. The van der Waals surface area contributed by atoms with Crippen molar-refractivity contribution in [1.82, 2.24) is 13.9 Å². The smallest absolute Gasteiger partial charge is 0.246 e. The lowest BCUT2D eigenvalue weighted by atomic mass is 10.0. The second-order valence-electron chi connectivity index (χ2n) is 8.11. The molecular weight excluding hydrogens is 390 g/mol. The van der Waals surface area contributed by atoms with Crippen LogP contribution in [0.4, 0.5) is 0 Å². The predicted octanol–water partition coefficient (Wildman–Crippen LogP) is 2.87. The van der Waals surface area contributed by atoms with Gasteiger partial charge in [-0.1, -0.05) is 0 Å². The number of rotatable bonds is 8. The molecule has 2 heterocycles. The maximum Gasteiger partial charge on any atom is 0.246 e. The van der Waals surface area contributed by atoms with E-state index in [1.54, 1.807) is 16.4 Å². The van der Waals surface area contributed by atoms with Gasteiger partial charge in [-0.05, 0) is 50.2 Å². The molecule has 0 radical (unpaired) electrons. The topological polar surface area (TPSA) is 73.7 Å². The minimum Gasteiger partial charge on any atom is -0.497 e. The molecule has 1 aromatic heterocycles. The molecule has 1 saturated carbocycles. The Morgan fingerprint density at radius 1 is 1.14 bits per heavy atom. The number of benzene rings is 1. The fraction of sp³-hybridized carbons (Fsp3) is 0.571. The first-order valence-corrected chi connectivity index (χ1v) is 11.6. The molecule has 1 atom stereocenters. The van der Waals surface area contributed by atoms with Crippen LogP contribution < -0.4 is 9.47 Å². The molecular formula is C21H29N3O4S. The lowest BCUT2D eigenvalue weighted by Gasteiger charge is -2.19. The number of aromatic nitrogens is 2. The summed E-state index contributed by atoms with van der Waals surface area (Å²) in [6.45, 7) is 4.14. The van der Waals surface area contributed by atoms with E-state index in [1.165, 1.54) is 38.8 Å². The van der Waals surface area contributed by atoms with E-state index in [4.69, 9.17) is 9.47 Å². The first-order chi connectivity index (χ1) is 13.9. The Morgan fingerprint density at radius 3 is 2.62 bits per heavy atom. The van der Waals surface area contributed by atoms with Gasteiger partial charge in [0.2, 0.25) is 10.0 Å². The first kappa shape index (κ1) is 20.2. The van der Waals surface area contributed by atoms with Crippen LogP contribution in [0.15, 0.2) is 29.3 Å². The van der Waals surface area contributed by atoms with Crippen LogP contribution in [0.3, 0.4) is 0 Å². The van der Waals surface area contributed by atoms with Gasteiger partial charge in [-0.3, -0.25) is 0 Å². The van der Waals surface area contributed by atoms with Crippen molar-refractivity contribution in [3.05, 3.63) is 35.9 Å². The van der Waals surface area contributed by atoms with Crippen LogP contribution in [-0.4, -0.2) is 49.6 Å². The molecule has 2 fully saturated rings. The minimum absolute atomic E-state index is 0.158. The Balaban J connectivity index is 1.50. The first-order valence-electron chi connectivity index (χ1n) is 10.2. The van der Waals surface area contributed by atoms with E-state index in [1.807, 2.05) is 6.20 Å². The summed E-state index contributed by atoms with van der Waals surface area (Å²) in [4.78, 5) is 4.77. The normalized spacial score (nSPS) is 20.2. The third-order valence-electron chi connectivity index (χ3n) is 5.98.